The summed E-state index contributed by atoms with van der Waals surface area (Å²) in [4.78, 5) is 11.6. The summed E-state index contributed by atoms with van der Waals surface area (Å²) in [6, 6.07) is 0. The molecule has 1 aliphatic rings. The molecule has 0 N–H and O–H groups in total. The molecule has 2 nitrogen and oxygen atoms in total. The van der Waals surface area contributed by atoms with Gasteiger partial charge in [-0.05, 0) is 19.8 Å². The van der Waals surface area contributed by atoms with E-state index in [9.17, 15) is 4.79 Å². The van der Waals surface area contributed by atoms with Crippen LogP contribution in [0.2, 0.25) is 0 Å². The number of ether oxygens (including phenoxy) is 1. The average molecular weight is 170 g/mol. The van der Waals surface area contributed by atoms with Crippen molar-refractivity contribution in [3.63, 3.8) is 0 Å². The molecule has 0 unspecified atom stereocenters. The fourth-order valence-electron chi connectivity index (χ4n) is 1.32. The summed E-state index contributed by atoms with van der Waals surface area (Å²) in [7, 11) is 1.60. The van der Waals surface area contributed by atoms with E-state index in [1.54, 1.807) is 7.11 Å². The van der Waals surface area contributed by atoms with Gasteiger partial charge >= 0.3 is 0 Å². The van der Waals surface area contributed by atoms with Gasteiger partial charge in [0.2, 0.25) is 0 Å². The van der Waals surface area contributed by atoms with Crippen LogP contribution in [0.1, 0.15) is 39.5 Å². The third-order valence-electron chi connectivity index (χ3n) is 2.88. The molecule has 1 fully saturated rings. The Bertz CT molecular complexity index is 169. The minimum atomic E-state index is -0.574. The Kier molecular flexibility index (Phi) is 2.89. The summed E-state index contributed by atoms with van der Waals surface area (Å²) in [6.45, 7) is 3.68. The maximum Gasteiger partial charge on any atom is 0.164 e. The molecule has 0 aromatic rings. The van der Waals surface area contributed by atoms with Gasteiger partial charge in [-0.2, -0.15) is 0 Å². The van der Waals surface area contributed by atoms with E-state index in [1.807, 2.05) is 13.8 Å². The van der Waals surface area contributed by atoms with Crippen LogP contribution < -0.4 is 0 Å². The van der Waals surface area contributed by atoms with Gasteiger partial charge in [0.15, 0.2) is 5.78 Å². The minimum absolute atomic E-state index is 0.245. The Hall–Kier alpha value is -0.370. The highest BCUT2D eigenvalue weighted by Crippen LogP contribution is 2.31. The molecule has 0 spiro atoms. The molecule has 0 amide bonds. The number of methoxy groups -OCH3 is 1. The number of hydrogen-bond acceptors (Lipinski definition) is 2. The molecule has 1 rings (SSSR count). The van der Waals surface area contributed by atoms with Crippen molar-refractivity contribution in [1.82, 2.24) is 0 Å². The van der Waals surface area contributed by atoms with Gasteiger partial charge in [-0.1, -0.05) is 19.3 Å². The molecular formula is C10H18O2. The van der Waals surface area contributed by atoms with Gasteiger partial charge in [0, 0.05) is 13.5 Å². The van der Waals surface area contributed by atoms with Gasteiger partial charge in [0.05, 0.1) is 0 Å². The zero-order valence-electron chi connectivity index (χ0n) is 8.22. The maximum absolute atomic E-state index is 11.6. The lowest BCUT2D eigenvalue weighted by Crippen LogP contribution is -2.35. The lowest BCUT2D eigenvalue weighted by Gasteiger charge is -2.28. The second-order valence-electron chi connectivity index (χ2n) is 4.14. The van der Waals surface area contributed by atoms with E-state index in [-0.39, 0.29) is 5.78 Å². The van der Waals surface area contributed by atoms with E-state index in [2.05, 4.69) is 0 Å². The van der Waals surface area contributed by atoms with Crippen LogP contribution in [0.5, 0.6) is 0 Å². The van der Waals surface area contributed by atoms with Crippen molar-refractivity contribution in [3.05, 3.63) is 0 Å². The number of rotatable bonds is 4. The van der Waals surface area contributed by atoms with Gasteiger partial charge < -0.3 is 4.74 Å². The molecule has 1 saturated carbocycles. The van der Waals surface area contributed by atoms with Crippen LogP contribution in [0.15, 0.2) is 0 Å². The molecule has 0 bridgehead atoms. The first-order valence-corrected chi connectivity index (χ1v) is 4.64. The van der Waals surface area contributed by atoms with Gasteiger partial charge in [-0.25, -0.2) is 0 Å². The van der Waals surface area contributed by atoms with Crippen LogP contribution in [-0.2, 0) is 9.53 Å². The molecule has 0 aromatic heterocycles. The van der Waals surface area contributed by atoms with Crippen molar-refractivity contribution in [2.75, 3.05) is 7.11 Å². The monoisotopic (exact) mass is 170 g/mol. The molecular weight excluding hydrogens is 152 g/mol. The Morgan fingerprint density at radius 1 is 1.50 bits per heavy atom. The van der Waals surface area contributed by atoms with E-state index >= 15 is 0 Å². The van der Waals surface area contributed by atoms with Gasteiger partial charge in [-0.15, -0.1) is 0 Å². The highest BCUT2D eigenvalue weighted by molar-refractivity contribution is 5.86. The van der Waals surface area contributed by atoms with Crippen molar-refractivity contribution in [1.29, 1.82) is 0 Å². The van der Waals surface area contributed by atoms with Crippen LogP contribution >= 0.6 is 0 Å². The Morgan fingerprint density at radius 2 is 2.08 bits per heavy atom. The number of carbonyl (C=O) groups is 1. The van der Waals surface area contributed by atoms with E-state index in [1.165, 1.54) is 19.3 Å². The van der Waals surface area contributed by atoms with Crippen molar-refractivity contribution >= 4 is 5.78 Å². The van der Waals surface area contributed by atoms with E-state index in [0.717, 1.165) is 0 Å². The summed E-state index contributed by atoms with van der Waals surface area (Å²) >= 11 is 0. The third-order valence-corrected chi connectivity index (χ3v) is 2.88. The quantitative estimate of drug-likeness (QED) is 0.646. The summed E-state index contributed by atoms with van der Waals surface area (Å²) in [6.07, 6.45) is 4.46. The van der Waals surface area contributed by atoms with Crippen molar-refractivity contribution in [2.24, 2.45) is 5.92 Å². The van der Waals surface area contributed by atoms with Gasteiger partial charge in [0.1, 0.15) is 5.60 Å². The molecule has 2 heteroatoms. The standard InChI is InChI=1S/C10H18O2/c1-10(2,12-3)9(11)7-8-5-4-6-8/h8H,4-7H2,1-3H3. The Labute approximate surface area is 74.3 Å². The number of carbonyl (C=O) groups excluding carboxylic acids is 1. The normalized spacial score (nSPS) is 18.9. The molecule has 1 aliphatic carbocycles. The second kappa shape index (κ2) is 3.56. The molecule has 70 valence electrons. The molecule has 12 heavy (non-hydrogen) atoms. The molecule has 0 atom stereocenters. The van der Waals surface area contributed by atoms with Gasteiger partial charge in [0.25, 0.3) is 0 Å². The average Bonchev–Trinajstić information content (AvgIpc) is 1.96. The first-order valence-electron chi connectivity index (χ1n) is 4.64. The zero-order chi connectivity index (χ0) is 9.19. The fraction of sp³-hybridized carbons (Fsp3) is 0.900. The summed E-state index contributed by atoms with van der Waals surface area (Å²) in [5.41, 5.74) is -0.574. The fourth-order valence-corrected chi connectivity index (χ4v) is 1.32. The van der Waals surface area contributed by atoms with Crippen LogP contribution in [0.3, 0.4) is 0 Å². The molecule has 0 radical (unpaired) electrons. The Balaban J connectivity index is 2.35. The van der Waals surface area contributed by atoms with Crippen LogP contribution in [-0.4, -0.2) is 18.5 Å². The number of hydrogen-bond donors (Lipinski definition) is 0. The second-order valence-corrected chi connectivity index (χ2v) is 4.14. The molecule has 0 saturated heterocycles. The van der Waals surface area contributed by atoms with Crippen LogP contribution in [0, 0.1) is 5.92 Å². The number of Topliss-reactive ketones (excluding diaryl/α,β-unsaturated/α-hetero) is 1. The van der Waals surface area contributed by atoms with Crippen LogP contribution in [0.25, 0.3) is 0 Å². The summed E-state index contributed by atoms with van der Waals surface area (Å²) in [5, 5.41) is 0. The minimum Gasteiger partial charge on any atom is -0.371 e. The first kappa shape index (κ1) is 9.72. The predicted octanol–water partition coefficient (Wildman–Crippen LogP) is 2.17. The predicted molar refractivity (Wildman–Crippen MR) is 48.1 cm³/mol. The SMILES string of the molecule is COC(C)(C)C(=O)CC1CCC1. The largest absolute Gasteiger partial charge is 0.371 e. The number of ketones is 1. The highest BCUT2D eigenvalue weighted by Gasteiger charge is 2.30. The summed E-state index contributed by atoms with van der Waals surface area (Å²) < 4.78 is 5.12. The topological polar surface area (TPSA) is 26.3 Å². The molecule has 0 aromatic carbocycles. The van der Waals surface area contributed by atoms with E-state index in [4.69, 9.17) is 4.74 Å². The lowest BCUT2D eigenvalue weighted by atomic mass is 9.79. The van der Waals surface area contributed by atoms with E-state index in [0.29, 0.717) is 12.3 Å². The van der Waals surface area contributed by atoms with Crippen molar-refractivity contribution < 1.29 is 9.53 Å². The van der Waals surface area contributed by atoms with Gasteiger partial charge in [-0.3, -0.25) is 4.79 Å². The van der Waals surface area contributed by atoms with E-state index < -0.39 is 5.60 Å². The van der Waals surface area contributed by atoms with Crippen molar-refractivity contribution in [2.45, 2.75) is 45.1 Å². The Morgan fingerprint density at radius 3 is 2.42 bits per heavy atom. The maximum atomic E-state index is 11.6. The lowest BCUT2D eigenvalue weighted by molar-refractivity contribution is -0.138. The zero-order valence-corrected chi connectivity index (χ0v) is 8.22. The third kappa shape index (κ3) is 2.07. The smallest absolute Gasteiger partial charge is 0.164 e. The van der Waals surface area contributed by atoms with Crippen molar-refractivity contribution in [3.8, 4) is 0 Å². The highest BCUT2D eigenvalue weighted by atomic mass is 16.5. The summed E-state index contributed by atoms with van der Waals surface area (Å²) in [5.74, 6) is 0.890. The van der Waals surface area contributed by atoms with Crippen LogP contribution in [0.4, 0.5) is 0 Å². The molecule has 0 heterocycles. The first-order chi connectivity index (χ1) is 5.56. The molecule has 0 aliphatic heterocycles.